The molecule has 0 aliphatic heterocycles. The van der Waals surface area contributed by atoms with Gasteiger partial charge in [-0.25, -0.2) is 0 Å². The lowest BCUT2D eigenvalue weighted by molar-refractivity contribution is 0.126. The molecule has 0 aromatic rings. The van der Waals surface area contributed by atoms with Crippen LogP contribution in [0.25, 0.3) is 0 Å². The minimum absolute atomic E-state index is 0.683. The van der Waals surface area contributed by atoms with Crippen LogP contribution in [0, 0.1) is 0 Å². The van der Waals surface area contributed by atoms with Gasteiger partial charge in [-0.1, -0.05) is 28.8 Å². The quantitative estimate of drug-likeness (QED) is 0.710. The minimum atomic E-state index is 0.683. The molecule has 1 aliphatic carbocycles. The second-order valence-corrected chi connectivity index (χ2v) is 5.02. The summed E-state index contributed by atoms with van der Waals surface area (Å²) in [5.41, 5.74) is 0. The first-order valence-electron chi connectivity index (χ1n) is 5.09. The summed E-state index contributed by atoms with van der Waals surface area (Å²) in [6.07, 6.45) is 5.41. The molecule has 1 rings (SSSR count). The first kappa shape index (κ1) is 11.5. The third kappa shape index (κ3) is 3.56. The highest BCUT2D eigenvalue weighted by molar-refractivity contribution is 9.09. The Morgan fingerprint density at radius 2 is 2.08 bits per heavy atom. The molecule has 0 saturated heterocycles. The zero-order valence-corrected chi connectivity index (χ0v) is 10.2. The highest BCUT2D eigenvalue weighted by Gasteiger charge is 2.25. The highest BCUT2D eigenvalue weighted by Crippen LogP contribution is 2.27. The van der Waals surface area contributed by atoms with Crippen LogP contribution in [0.15, 0.2) is 0 Å². The van der Waals surface area contributed by atoms with Gasteiger partial charge < -0.3 is 9.64 Å². The molecule has 0 bridgehead atoms. The van der Waals surface area contributed by atoms with Crippen molar-refractivity contribution in [3.63, 3.8) is 0 Å². The Morgan fingerprint density at radius 1 is 1.38 bits per heavy atom. The lowest BCUT2D eigenvalue weighted by Gasteiger charge is -2.35. The van der Waals surface area contributed by atoms with Crippen molar-refractivity contribution in [1.82, 2.24) is 4.90 Å². The summed E-state index contributed by atoms with van der Waals surface area (Å²) in [4.78, 5) is 3.10. The van der Waals surface area contributed by atoms with Gasteiger partial charge in [-0.15, -0.1) is 0 Å². The van der Waals surface area contributed by atoms with Crippen LogP contribution in [-0.2, 0) is 4.74 Å². The number of likely N-dealkylation sites (N-methyl/N-ethyl adjacent to an activating group) is 1. The Balaban J connectivity index is 2.30. The molecule has 78 valence electrons. The molecule has 13 heavy (non-hydrogen) atoms. The number of nitrogens with zero attached hydrogens (tertiary/aromatic N) is 1. The Bertz CT molecular complexity index is 143. The molecule has 0 N–H and O–H groups in total. The average Bonchev–Trinajstić information content (AvgIpc) is 2.15. The maximum atomic E-state index is 5.08. The van der Waals surface area contributed by atoms with Crippen molar-refractivity contribution in [1.29, 1.82) is 0 Å². The number of ether oxygens (including phenoxy) is 1. The van der Waals surface area contributed by atoms with Crippen LogP contribution < -0.4 is 0 Å². The number of hydrogen-bond acceptors (Lipinski definition) is 2. The van der Waals surface area contributed by atoms with Crippen molar-refractivity contribution in [2.75, 3.05) is 27.3 Å². The summed E-state index contributed by atoms with van der Waals surface area (Å²) < 4.78 is 5.08. The van der Waals surface area contributed by atoms with Gasteiger partial charge in [0.15, 0.2) is 0 Å². The normalized spacial score (nSPS) is 29.5. The van der Waals surface area contributed by atoms with Crippen molar-refractivity contribution in [3.8, 4) is 0 Å². The molecule has 0 heterocycles. The molecule has 0 aromatic carbocycles. The van der Waals surface area contributed by atoms with Crippen molar-refractivity contribution >= 4 is 15.9 Å². The van der Waals surface area contributed by atoms with Gasteiger partial charge in [0, 0.05) is 24.5 Å². The van der Waals surface area contributed by atoms with Crippen molar-refractivity contribution in [2.24, 2.45) is 0 Å². The first-order chi connectivity index (χ1) is 6.25. The third-order valence-corrected chi connectivity index (χ3v) is 3.93. The fourth-order valence-electron chi connectivity index (χ4n) is 1.96. The van der Waals surface area contributed by atoms with Crippen LogP contribution >= 0.6 is 15.9 Å². The van der Waals surface area contributed by atoms with Gasteiger partial charge >= 0.3 is 0 Å². The fraction of sp³-hybridized carbons (Fsp3) is 1.00. The molecule has 1 aliphatic rings. The lowest BCUT2D eigenvalue weighted by atomic mass is 9.94. The molecule has 2 unspecified atom stereocenters. The van der Waals surface area contributed by atoms with Gasteiger partial charge in [0.2, 0.25) is 0 Å². The largest absolute Gasteiger partial charge is 0.383 e. The van der Waals surface area contributed by atoms with Gasteiger partial charge in [-0.3, -0.25) is 0 Å². The molecule has 0 aromatic heterocycles. The van der Waals surface area contributed by atoms with E-state index in [1.54, 1.807) is 7.11 Å². The predicted octanol–water partition coefficient (Wildman–Crippen LogP) is 2.27. The van der Waals surface area contributed by atoms with Gasteiger partial charge in [-0.05, 0) is 19.9 Å². The summed E-state index contributed by atoms with van der Waals surface area (Å²) >= 11 is 3.76. The van der Waals surface area contributed by atoms with E-state index in [0.717, 1.165) is 13.2 Å². The van der Waals surface area contributed by atoms with E-state index in [1.165, 1.54) is 25.7 Å². The van der Waals surface area contributed by atoms with Gasteiger partial charge in [0.1, 0.15) is 0 Å². The van der Waals surface area contributed by atoms with Crippen LogP contribution in [0.2, 0.25) is 0 Å². The van der Waals surface area contributed by atoms with E-state index >= 15 is 0 Å². The third-order valence-electron chi connectivity index (χ3n) is 2.86. The monoisotopic (exact) mass is 249 g/mol. The van der Waals surface area contributed by atoms with Crippen molar-refractivity contribution in [3.05, 3.63) is 0 Å². The maximum Gasteiger partial charge on any atom is 0.0589 e. The van der Waals surface area contributed by atoms with Crippen LogP contribution in [0.4, 0.5) is 0 Å². The van der Waals surface area contributed by atoms with E-state index in [0.29, 0.717) is 10.9 Å². The smallest absolute Gasteiger partial charge is 0.0589 e. The summed E-state index contributed by atoms with van der Waals surface area (Å²) in [5.74, 6) is 0. The Labute approximate surface area is 89.8 Å². The zero-order chi connectivity index (χ0) is 9.68. The Morgan fingerprint density at radius 3 is 2.69 bits per heavy atom. The van der Waals surface area contributed by atoms with Gasteiger partial charge in [0.05, 0.1) is 6.61 Å². The second kappa shape index (κ2) is 5.99. The van der Waals surface area contributed by atoms with Crippen molar-refractivity contribution < 1.29 is 4.74 Å². The van der Waals surface area contributed by atoms with Crippen molar-refractivity contribution in [2.45, 2.75) is 36.6 Å². The van der Waals surface area contributed by atoms with Crippen LogP contribution in [0.3, 0.4) is 0 Å². The maximum absolute atomic E-state index is 5.08. The zero-order valence-electron chi connectivity index (χ0n) is 8.63. The van der Waals surface area contributed by atoms with Crippen LogP contribution in [0.5, 0.6) is 0 Å². The van der Waals surface area contributed by atoms with Gasteiger partial charge in [0.25, 0.3) is 0 Å². The SMILES string of the molecule is COCCN(C)C1CCCCC1Br. The Hall–Kier alpha value is 0.400. The fourth-order valence-corrected chi connectivity index (χ4v) is 2.96. The summed E-state index contributed by atoms with van der Waals surface area (Å²) in [6, 6.07) is 0.712. The second-order valence-electron chi connectivity index (χ2n) is 3.84. The number of halogens is 1. The van der Waals surface area contributed by atoms with E-state index < -0.39 is 0 Å². The lowest BCUT2D eigenvalue weighted by Crippen LogP contribution is -2.42. The highest BCUT2D eigenvalue weighted by atomic mass is 79.9. The molecular weight excluding hydrogens is 230 g/mol. The minimum Gasteiger partial charge on any atom is -0.383 e. The summed E-state index contributed by atoms with van der Waals surface area (Å²) in [5, 5.41) is 0. The molecule has 3 heteroatoms. The number of alkyl halides is 1. The average molecular weight is 250 g/mol. The molecule has 2 nitrogen and oxygen atoms in total. The topological polar surface area (TPSA) is 12.5 Å². The Kier molecular flexibility index (Phi) is 5.29. The van der Waals surface area contributed by atoms with E-state index in [-0.39, 0.29) is 0 Å². The molecular formula is C10H20BrNO. The van der Waals surface area contributed by atoms with E-state index in [2.05, 4.69) is 27.9 Å². The summed E-state index contributed by atoms with van der Waals surface area (Å²) in [7, 11) is 3.96. The van der Waals surface area contributed by atoms with Crippen LogP contribution in [-0.4, -0.2) is 43.1 Å². The molecule has 0 radical (unpaired) electrons. The first-order valence-corrected chi connectivity index (χ1v) is 6.00. The molecule has 0 amide bonds. The molecule has 1 saturated carbocycles. The summed E-state index contributed by atoms with van der Waals surface area (Å²) in [6.45, 7) is 1.88. The predicted molar refractivity (Wildman–Crippen MR) is 59.5 cm³/mol. The van der Waals surface area contributed by atoms with Crippen LogP contribution in [0.1, 0.15) is 25.7 Å². The number of methoxy groups -OCH3 is 1. The number of hydrogen-bond donors (Lipinski definition) is 0. The molecule has 0 spiro atoms. The molecule has 2 atom stereocenters. The number of rotatable bonds is 4. The van der Waals surface area contributed by atoms with E-state index in [9.17, 15) is 0 Å². The van der Waals surface area contributed by atoms with E-state index in [1.807, 2.05) is 0 Å². The van der Waals surface area contributed by atoms with Gasteiger partial charge in [-0.2, -0.15) is 0 Å². The molecule has 1 fully saturated rings. The van der Waals surface area contributed by atoms with E-state index in [4.69, 9.17) is 4.74 Å². The standard InChI is InChI=1S/C10H20BrNO/c1-12(7-8-13-2)10-6-4-3-5-9(10)11/h9-10H,3-8H2,1-2H3.